The maximum Gasteiger partial charge on any atom is 0.254 e. The first-order valence-corrected chi connectivity index (χ1v) is 12.1. The Morgan fingerprint density at radius 1 is 1.14 bits per heavy atom. The first-order chi connectivity index (χ1) is 13.5. The molecular formula is C23H36N2O2S. The lowest BCUT2D eigenvalue weighted by molar-refractivity contribution is -0.0102. The topological polar surface area (TPSA) is 43.3 Å². The van der Waals surface area contributed by atoms with Crippen molar-refractivity contribution >= 4 is 11.9 Å². The Hall–Kier alpha value is -0.780. The van der Waals surface area contributed by atoms with Gasteiger partial charge in [0.05, 0.1) is 18.8 Å². The molecule has 0 spiro atoms. The van der Waals surface area contributed by atoms with Crippen molar-refractivity contribution in [3.8, 4) is 0 Å². The van der Waals surface area contributed by atoms with Crippen molar-refractivity contribution in [3.05, 3.63) is 33.7 Å². The minimum Gasteiger partial charge on any atom is -0.376 e. The quantitative estimate of drug-likeness (QED) is 0.672. The van der Waals surface area contributed by atoms with E-state index in [2.05, 4.69) is 24.6 Å². The summed E-state index contributed by atoms with van der Waals surface area (Å²) in [5.41, 5.74) is 2.17. The molecule has 28 heavy (non-hydrogen) atoms. The van der Waals surface area contributed by atoms with E-state index in [1.807, 2.05) is 29.5 Å². The average molecular weight is 405 g/mol. The lowest BCUT2D eigenvalue weighted by atomic mass is 9.80. The SMILES string of the molecule is Cc1ccc2n(c1=O)C(COC1CCC(C(C)C)CC1)C(NSC1CC1)CC2. The van der Waals surface area contributed by atoms with Crippen molar-refractivity contribution in [2.24, 2.45) is 11.8 Å². The third-order valence-electron chi connectivity index (χ3n) is 6.97. The molecule has 2 heterocycles. The summed E-state index contributed by atoms with van der Waals surface area (Å²) in [6.45, 7) is 7.26. The Bertz CT molecular complexity index is 720. The van der Waals surface area contributed by atoms with Crippen LogP contribution in [0.5, 0.6) is 0 Å². The van der Waals surface area contributed by atoms with Crippen LogP contribution in [0.1, 0.15) is 76.1 Å². The zero-order valence-electron chi connectivity index (χ0n) is 17.7. The number of nitrogens with zero attached hydrogens (tertiary/aromatic N) is 1. The first kappa shape index (κ1) is 20.5. The molecule has 3 aliphatic rings. The van der Waals surface area contributed by atoms with Gasteiger partial charge in [-0.15, -0.1) is 0 Å². The third kappa shape index (κ3) is 4.68. The van der Waals surface area contributed by atoms with Crippen LogP contribution in [0.25, 0.3) is 0 Å². The molecule has 0 amide bonds. The van der Waals surface area contributed by atoms with E-state index in [1.54, 1.807) is 0 Å². The number of fused-ring (bicyclic) bond motifs is 1. The van der Waals surface area contributed by atoms with Crippen molar-refractivity contribution in [2.75, 3.05) is 6.61 Å². The third-order valence-corrected chi connectivity index (χ3v) is 8.22. The van der Waals surface area contributed by atoms with Gasteiger partial charge in [-0.25, -0.2) is 0 Å². The molecule has 1 aliphatic heterocycles. The second kappa shape index (κ2) is 8.93. The maximum atomic E-state index is 13.0. The predicted octanol–water partition coefficient (Wildman–Crippen LogP) is 4.64. The molecule has 0 radical (unpaired) electrons. The van der Waals surface area contributed by atoms with Crippen LogP contribution in [0.2, 0.25) is 0 Å². The van der Waals surface area contributed by atoms with Crippen LogP contribution in [0.3, 0.4) is 0 Å². The number of aromatic nitrogens is 1. The molecule has 5 heteroatoms. The van der Waals surface area contributed by atoms with E-state index in [0.29, 0.717) is 18.8 Å². The highest BCUT2D eigenvalue weighted by molar-refractivity contribution is 7.98. The highest BCUT2D eigenvalue weighted by Crippen LogP contribution is 2.35. The lowest BCUT2D eigenvalue weighted by Crippen LogP contribution is -2.46. The van der Waals surface area contributed by atoms with Gasteiger partial charge < -0.3 is 9.30 Å². The normalized spacial score (nSPS) is 30.4. The van der Waals surface area contributed by atoms with Crippen molar-refractivity contribution < 1.29 is 4.74 Å². The van der Waals surface area contributed by atoms with Crippen molar-refractivity contribution in [1.29, 1.82) is 0 Å². The molecule has 2 aliphatic carbocycles. The van der Waals surface area contributed by atoms with Crippen LogP contribution < -0.4 is 10.3 Å². The predicted molar refractivity (Wildman–Crippen MR) is 117 cm³/mol. The summed E-state index contributed by atoms with van der Waals surface area (Å²) in [5, 5.41) is 0.767. The summed E-state index contributed by atoms with van der Waals surface area (Å²) in [4.78, 5) is 13.0. The number of hydrogen-bond donors (Lipinski definition) is 1. The largest absolute Gasteiger partial charge is 0.376 e. The van der Waals surface area contributed by atoms with Gasteiger partial charge in [0, 0.05) is 22.5 Å². The van der Waals surface area contributed by atoms with E-state index >= 15 is 0 Å². The minimum atomic E-state index is 0.102. The van der Waals surface area contributed by atoms with Crippen molar-refractivity contribution in [1.82, 2.24) is 9.29 Å². The van der Waals surface area contributed by atoms with Crippen molar-refractivity contribution in [2.45, 2.75) is 95.6 Å². The van der Waals surface area contributed by atoms with Gasteiger partial charge in [-0.3, -0.25) is 9.52 Å². The molecule has 1 N–H and O–H groups in total. The van der Waals surface area contributed by atoms with Crippen LogP contribution >= 0.6 is 11.9 Å². The van der Waals surface area contributed by atoms with E-state index in [-0.39, 0.29) is 11.6 Å². The van der Waals surface area contributed by atoms with Crippen LogP contribution in [0.15, 0.2) is 16.9 Å². The van der Waals surface area contributed by atoms with Gasteiger partial charge in [0.1, 0.15) is 0 Å². The number of nitrogens with one attached hydrogen (secondary N) is 1. The minimum absolute atomic E-state index is 0.102. The number of pyridine rings is 1. The highest BCUT2D eigenvalue weighted by atomic mass is 32.2. The molecule has 0 bridgehead atoms. The van der Waals surface area contributed by atoms with Crippen molar-refractivity contribution in [3.63, 3.8) is 0 Å². The Morgan fingerprint density at radius 2 is 1.89 bits per heavy atom. The van der Waals surface area contributed by atoms with Crippen LogP contribution in [0, 0.1) is 18.8 Å². The summed E-state index contributed by atoms with van der Waals surface area (Å²) in [5.74, 6) is 1.63. The van der Waals surface area contributed by atoms with E-state index in [1.165, 1.54) is 44.2 Å². The van der Waals surface area contributed by atoms with Crippen LogP contribution in [-0.4, -0.2) is 28.6 Å². The summed E-state index contributed by atoms with van der Waals surface area (Å²) < 4.78 is 12.2. The fourth-order valence-electron chi connectivity index (χ4n) is 4.79. The van der Waals surface area contributed by atoms with E-state index in [0.717, 1.165) is 35.5 Å². The summed E-state index contributed by atoms with van der Waals surface area (Å²) >= 11 is 1.88. The zero-order valence-corrected chi connectivity index (χ0v) is 18.5. The van der Waals surface area contributed by atoms with E-state index < -0.39 is 0 Å². The van der Waals surface area contributed by atoms with Gasteiger partial charge in [-0.2, -0.15) is 0 Å². The molecule has 1 aromatic rings. The zero-order chi connectivity index (χ0) is 19.7. The maximum absolute atomic E-state index is 13.0. The number of aryl methyl sites for hydroxylation is 2. The van der Waals surface area contributed by atoms with E-state index in [9.17, 15) is 4.79 Å². The fraction of sp³-hybridized carbons (Fsp3) is 0.783. The molecule has 0 aromatic carbocycles. The molecule has 4 nitrogen and oxygen atoms in total. The molecule has 2 saturated carbocycles. The Kier molecular flexibility index (Phi) is 6.53. The molecular weight excluding hydrogens is 368 g/mol. The molecule has 1 aromatic heterocycles. The number of rotatable bonds is 7. The molecule has 4 rings (SSSR count). The van der Waals surface area contributed by atoms with E-state index in [4.69, 9.17) is 4.74 Å². The first-order valence-electron chi connectivity index (χ1n) is 11.3. The average Bonchev–Trinajstić information content (AvgIpc) is 3.52. The monoisotopic (exact) mass is 404 g/mol. The summed E-state index contributed by atoms with van der Waals surface area (Å²) in [6.07, 6.45) is 9.94. The van der Waals surface area contributed by atoms with Gasteiger partial charge in [0.25, 0.3) is 5.56 Å². The Labute approximate surface area is 173 Å². The number of hydrogen-bond acceptors (Lipinski definition) is 4. The summed E-state index contributed by atoms with van der Waals surface area (Å²) in [6, 6.07) is 4.53. The second-order valence-corrected chi connectivity index (χ2v) is 10.6. The molecule has 2 atom stereocenters. The van der Waals surface area contributed by atoms with Gasteiger partial charge in [0.15, 0.2) is 0 Å². The Morgan fingerprint density at radius 3 is 2.57 bits per heavy atom. The van der Waals surface area contributed by atoms with Gasteiger partial charge in [0.2, 0.25) is 0 Å². The van der Waals surface area contributed by atoms with Crippen LogP contribution in [-0.2, 0) is 11.2 Å². The molecule has 0 saturated heterocycles. The highest BCUT2D eigenvalue weighted by Gasteiger charge is 2.34. The number of ether oxygens (including phenoxy) is 1. The second-order valence-electron chi connectivity index (χ2n) is 9.44. The summed E-state index contributed by atoms with van der Waals surface area (Å²) in [7, 11) is 0. The van der Waals surface area contributed by atoms with Gasteiger partial charge >= 0.3 is 0 Å². The molecule has 2 fully saturated rings. The van der Waals surface area contributed by atoms with Gasteiger partial charge in [-0.05, 0) is 76.2 Å². The standard InChI is InChI=1S/C23H36N2O2S/c1-15(2)17-5-9-19(10-6-17)27-14-22-21(24-28-20-11-12-20)13-8-18-7-4-16(3)23(26)25(18)22/h4,7,15,17,19-22,24H,5-6,8-14H2,1-3H3. The van der Waals surface area contributed by atoms with Gasteiger partial charge in [-0.1, -0.05) is 31.9 Å². The van der Waals surface area contributed by atoms with Crippen LogP contribution in [0.4, 0.5) is 0 Å². The smallest absolute Gasteiger partial charge is 0.254 e. The Balaban J connectivity index is 1.45. The fourth-order valence-corrected chi connectivity index (χ4v) is 5.80. The molecule has 2 unspecified atom stereocenters. The molecule has 156 valence electrons. The lowest BCUT2D eigenvalue weighted by Gasteiger charge is -2.37.